The molecule has 6 heteroatoms. The van der Waals surface area contributed by atoms with Gasteiger partial charge in [0.2, 0.25) is 0 Å². The Morgan fingerprint density at radius 1 is 0.781 bits per heavy atom. The molecular weight excluding hydrogens is 406 g/mol. The maximum absolute atomic E-state index is 11.8. The normalized spacial score (nSPS) is 10.8. The number of carboxylic acids is 1. The van der Waals surface area contributed by atoms with E-state index >= 15 is 0 Å². The topological polar surface area (TPSA) is 95.9 Å². The van der Waals surface area contributed by atoms with Crippen molar-refractivity contribution >= 4 is 17.7 Å². The van der Waals surface area contributed by atoms with E-state index in [4.69, 9.17) is 9.84 Å². The van der Waals surface area contributed by atoms with Gasteiger partial charge in [-0.2, -0.15) is 0 Å². The fourth-order valence-electron chi connectivity index (χ4n) is 3.76. The van der Waals surface area contributed by atoms with Crippen LogP contribution in [0.25, 0.3) is 0 Å². The molecule has 0 atom stereocenters. The van der Waals surface area contributed by atoms with Crippen molar-refractivity contribution < 1.29 is 24.5 Å². The van der Waals surface area contributed by atoms with Gasteiger partial charge in [-0.15, -0.1) is 0 Å². The number of amides is 1. The molecular formula is C26H43NO5. The molecule has 1 rings (SSSR count). The summed E-state index contributed by atoms with van der Waals surface area (Å²) in [5.41, 5.74) is 0.0848. The molecule has 0 aliphatic carbocycles. The van der Waals surface area contributed by atoms with E-state index in [9.17, 15) is 14.7 Å². The molecule has 0 aliphatic heterocycles. The molecule has 0 saturated heterocycles. The highest BCUT2D eigenvalue weighted by molar-refractivity contribution is 5.92. The molecule has 0 aliphatic rings. The second-order valence-corrected chi connectivity index (χ2v) is 8.60. The number of unbranched alkanes of at least 4 members (excludes halogenated alkanes) is 15. The molecule has 0 aromatic heterocycles. The second-order valence-electron chi connectivity index (χ2n) is 8.60. The first-order valence-electron chi connectivity index (χ1n) is 12.5. The maximum atomic E-state index is 11.8. The Bertz CT molecular complexity index is 647. The molecule has 182 valence electrons. The first-order valence-corrected chi connectivity index (χ1v) is 12.5. The number of carboxylic acid groups (broad SMARTS) is 1. The lowest BCUT2D eigenvalue weighted by atomic mass is 10.0. The highest BCUT2D eigenvalue weighted by atomic mass is 16.5. The van der Waals surface area contributed by atoms with Crippen molar-refractivity contribution in [1.82, 2.24) is 0 Å². The molecule has 3 N–H and O–H groups in total. The molecule has 1 aromatic carbocycles. The van der Waals surface area contributed by atoms with Crippen LogP contribution in [0, 0.1) is 0 Å². The summed E-state index contributed by atoms with van der Waals surface area (Å²) >= 11 is 0. The highest BCUT2D eigenvalue weighted by Crippen LogP contribution is 2.22. The van der Waals surface area contributed by atoms with Crippen LogP contribution in [0.1, 0.15) is 120 Å². The summed E-state index contributed by atoms with van der Waals surface area (Å²) in [7, 11) is 0. The summed E-state index contributed by atoms with van der Waals surface area (Å²) in [6, 6.07) is 3.85. The number of rotatable bonds is 19. The second kappa shape index (κ2) is 18.3. The van der Waals surface area contributed by atoms with Gasteiger partial charge >= 0.3 is 12.1 Å². The zero-order valence-corrected chi connectivity index (χ0v) is 19.9. The Kier molecular flexibility index (Phi) is 15.9. The lowest BCUT2D eigenvalue weighted by Gasteiger charge is -2.08. The predicted molar refractivity (Wildman–Crippen MR) is 130 cm³/mol. The van der Waals surface area contributed by atoms with Crippen molar-refractivity contribution in [2.45, 2.75) is 110 Å². The van der Waals surface area contributed by atoms with Gasteiger partial charge in [-0.3, -0.25) is 5.32 Å². The number of benzene rings is 1. The Morgan fingerprint density at radius 3 is 1.69 bits per heavy atom. The SMILES string of the molecule is CCCCCCCCCCCCCCCCCCOC(=O)Nc1ccc(C(=O)O)c(O)c1. The van der Waals surface area contributed by atoms with Crippen molar-refractivity contribution in [3.05, 3.63) is 23.8 Å². The van der Waals surface area contributed by atoms with Crippen LogP contribution in [-0.2, 0) is 4.74 Å². The minimum absolute atomic E-state index is 0.211. The minimum atomic E-state index is -1.22. The highest BCUT2D eigenvalue weighted by Gasteiger charge is 2.11. The van der Waals surface area contributed by atoms with Crippen molar-refractivity contribution in [3.8, 4) is 5.75 Å². The summed E-state index contributed by atoms with van der Waals surface area (Å²) < 4.78 is 5.13. The van der Waals surface area contributed by atoms with Crippen LogP contribution in [0.5, 0.6) is 5.75 Å². The van der Waals surface area contributed by atoms with Gasteiger partial charge in [-0.1, -0.05) is 103 Å². The lowest BCUT2D eigenvalue weighted by Crippen LogP contribution is -2.14. The average Bonchev–Trinajstić information content (AvgIpc) is 2.75. The van der Waals surface area contributed by atoms with Crippen LogP contribution in [0.15, 0.2) is 18.2 Å². The first kappa shape index (κ1) is 27.8. The number of aromatic carboxylic acids is 1. The largest absolute Gasteiger partial charge is 0.507 e. The molecule has 0 heterocycles. The monoisotopic (exact) mass is 449 g/mol. The smallest absolute Gasteiger partial charge is 0.411 e. The number of aromatic hydroxyl groups is 1. The molecule has 0 unspecified atom stereocenters. The molecule has 1 amide bonds. The summed E-state index contributed by atoms with van der Waals surface area (Å²) in [5, 5.41) is 21.0. The average molecular weight is 450 g/mol. The number of phenols is 1. The van der Waals surface area contributed by atoms with E-state index in [2.05, 4.69) is 12.2 Å². The zero-order chi connectivity index (χ0) is 23.4. The van der Waals surface area contributed by atoms with Crippen LogP contribution in [0.3, 0.4) is 0 Å². The Morgan fingerprint density at radius 2 is 1.25 bits per heavy atom. The fourth-order valence-corrected chi connectivity index (χ4v) is 3.76. The summed E-state index contributed by atoms with van der Waals surface area (Å²) in [6.45, 7) is 2.61. The van der Waals surface area contributed by atoms with E-state index in [1.807, 2.05) is 0 Å². The molecule has 0 fully saturated rings. The third-order valence-electron chi connectivity index (χ3n) is 5.71. The van der Waals surface area contributed by atoms with Gasteiger partial charge in [-0.25, -0.2) is 9.59 Å². The van der Waals surface area contributed by atoms with Crippen molar-refractivity contribution in [3.63, 3.8) is 0 Å². The molecule has 32 heavy (non-hydrogen) atoms. The molecule has 0 saturated carbocycles. The molecule has 0 bridgehead atoms. The van der Waals surface area contributed by atoms with E-state index in [-0.39, 0.29) is 5.56 Å². The van der Waals surface area contributed by atoms with Crippen LogP contribution in [0.4, 0.5) is 10.5 Å². The minimum Gasteiger partial charge on any atom is -0.507 e. The van der Waals surface area contributed by atoms with Crippen LogP contribution in [-0.4, -0.2) is 28.9 Å². The molecule has 1 aromatic rings. The van der Waals surface area contributed by atoms with E-state index in [1.165, 1.54) is 102 Å². The van der Waals surface area contributed by atoms with Gasteiger partial charge in [0.25, 0.3) is 0 Å². The van der Waals surface area contributed by atoms with E-state index in [0.29, 0.717) is 12.3 Å². The molecule has 0 spiro atoms. The summed E-state index contributed by atoms with van der Waals surface area (Å²) in [5.74, 6) is -1.62. The lowest BCUT2D eigenvalue weighted by molar-refractivity contribution is 0.0693. The number of carbonyl (C=O) groups is 2. The number of ether oxygens (including phenoxy) is 1. The van der Waals surface area contributed by atoms with Gasteiger partial charge in [0.1, 0.15) is 11.3 Å². The van der Waals surface area contributed by atoms with Gasteiger partial charge in [0, 0.05) is 11.8 Å². The standard InChI is InChI=1S/C26H43NO5/c1-2-3-4-5-6-7-8-9-10-11-12-13-14-15-16-17-20-32-26(31)27-22-18-19-23(25(29)30)24(28)21-22/h18-19,21,28H,2-17,20H2,1H3,(H,27,31)(H,29,30). The molecule has 0 radical (unpaired) electrons. The molecule has 6 nitrogen and oxygen atoms in total. The summed E-state index contributed by atoms with van der Waals surface area (Å²) in [6.07, 6.45) is 20.1. The van der Waals surface area contributed by atoms with Gasteiger partial charge in [0.05, 0.1) is 6.61 Å². The van der Waals surface area contributed by atoms with Gasteiger partial charge in [-0.05, 0) is 18.6 Å². The number of nitrogens with one attached hydrogen (secondary N) is 1. The fraction of sp³-hybridized carbons (Fsp3) is 0.692. The van der Waals surface area contributed by atoms with E-state index < -0.39 is 17.8 Å². The summed E-state index contributed by atoms with van der Waals surface area (Å²) in [4.78, 5) is 22.6. The number of anilines is 1. The van der Waals surface area contributed by atoms with Crippen LogP contribution in [0.2, 0.25) is 0 Å². The Balaban J connectivity index is 1.89. The van der Waals surface area contributed by atoms with Crippen molar-refractivity contribution in [1.29, 1.82) is 0 Å². The van der Waals surface area contributed by atoms with E-state index in [1.54, 1.807) is 0 Å². The number of carbonyl (C=O) groups excluding carboxylic acids is 1. The number of hydrogen-bond acceptors (Lipinski definition) is 4. The van der Waals surface area contributed by atoms with Gasteiger partial charge in [0.15, 0.2) is 0 Å². The van der Waals surface area contributed by atoms with Crippen molar-refractivity contribution in [2.24, 2.45) is 0 Å². The maximum Gasteiger partial charge on any atom is 0.411 e. The van der Waals surface area contributed by atoms with Crippen molar-refractivity contribution in [2.75, 3.05) is 11.9 Å². The Hall–Kier alpha value is -2.24. The Labute approximate surface area is 193 Å². The quantitative estimate of drug-likeness (QED) is 0.187. The van der Waals surface area contributed by atoms with Crippen LogP contribution >= 0.6 is 0 Å². The number of hydrogen-bond donors (Lipinski definition) is 3. The third-order valence-corrected chi connectivity index (χ3v) is 5.71. The zero-order valence-electron chi connectivity index (χ0n) is 19.9. The predicted octanol–water partition coefficient (Wildman–Crippen LogP) is 7.90. The van der Waals surface area contributed by atoms with Gasteiger partial charge < -0.3 is 14.9 Å². The van der Waals surface area contributed by atoms with Crippen LogP contribution < -0.4 is 5.32 Å². The van der Waals surface area contributed by atoms with E-state index in [0.717, 1.165) is 19.3 Å². The first-order chi connectivity index (χ1) is 15.5. The third kappa shape index (κ3) is 13.9.